The third-order valence-electron chi connectivity index (χ3n) is 5.39. The van der Waals surface area contributed by atoms with Gasteiger partial charge in [-0.15, -0.1) is 0 Å². The van der Waals surface area contributed by atoms with Crippen LogP contribution in [0.1, 0.15) is 12.8 Å². The molecule has 0 aliphatic carbocycles. The lowest BCUT2D eigenvalue weighted by Gasteiger charge is -2.37. The number of halogens is 1. The lowest BCUT2D eigenvalue weighted by molar-refractivity contribution is 0.441. The summed E-state index contributed by atoms with van der Waals surface area (Å²) in [4.78, 5) is 17.9. The molecule has 2 fully saturated rings. The molecule has 0 bridgehead atoms. The van der Waals surface area contributed by atoms with Crippen LogP contribution in [0.2, 0.25) is 5.02 Å². The highest BCUT2D eigenvalue weighted by atomic mass is 35.5. The van der Waals surface area contributed by atoms with E-state index in [2.05, 4.69) is 20.8 Å². The van der Waals surface area contributed by atoms with Crippen LogP contribution >= 0.6 is 11.6 Å². The Kier molecular flexibility index (Phi) is 6.58. The number of hydrazine groups is 1. The Morgan fingerprint density at radius 1 is 0.742 bits per heavy atom. The van der Waals surface area contributed by atoms with Gasteiger partial charge in [0.15, 0.2) is 0 Å². The van der Waals surface area contributed by atoms with E-state index < -0.39 is 0 Å². The average molecular weight is 448 g/mol. The second-order valence-corrected chi connectivity index (χ2v) is 8.72. The average Bonchev–Trinajstić information content (AvgIpc) is 2.71. The maximum atomic E-state index is 6.23. The number of aromatic nitrogens is 3. The van der Waals surface area contributed by atoms with Crippen LogP contribution in [0, 0.1) is 0 Å². The fourth-order valence-corrected chi connectivity index (χ4v) is 4.25. The Hall–Kier alpha value is -2.44. The first-order valence-corrected chi connectivity index (χ1v) is 10.8. The summed E-state index contributed by atoms with van der Waals surface area (Å²) >= 11 is 6.23. The highest BCUT2D eigenvalue weighted by Crippen LogP contribution is 2.24. The van der Waals surface area contributed by atoms with Crippen molar-refractivity contribution >= 4 is 35.1 Å². The fraction of sp³-hybridized carbons (Fsp3) is 0.526. The first kappa shape index (κ1) is 21.8. The van der Waals surface area contributed by atoms with Gasteiger partial charge < -0.3 is 32.7 Å². The second kappa shape index (κ2) is 9.37. The van der Waals surface area contributed by atoms with Crippen LogP contribution in [0.25, 0.3) is 0 Å². The molecule has 1 aromatic carbocycles. The van der Waals surface area contributed by atoms with Crippen molar-refractivity contribution < 1.29 is 0 Å². The minimum absolute atomic E-state index is 0.0431. The van der Waals surface area contributed by atoms with Crippen molar-refractivity contribution in [2.45, 2.75) is 37.0 Å². The van der Waals surface area contributed by atoms with Crippen LogP contribution in [-0.2, 0) is 0 Å². The molecule has 168 valence electrons. The number of nitrogens with two attached hydrogens (primary N) is 4. The summed E-state index contributed by atoms with van der Waals surface area (Å²) < 4.78 is 0. The van der Waals surface area contributed by atoms with E-state index in [1.54, 1.807) is 6.07 Å². The Balaban J connectivity index is 1.62. The summed E-state index contributed by atoms with van der Waals surface area (Å²) in [6.07, 6.45) is 1.53. The van der Waals surface area contributed by atoms with E-state index >= 15 is 0 Å². The summed E-state index contributed by atoms with van der Waals surface area (Å²) in [7, 11) is 0. The number of piperidine rings is 2. The van der Waals surface area contributed by atoms with Gasteiger partial charge in [0.2, 0.25) is 17.8 Å². The van der Waals surface area contributed by atoms with E-state index in [-0.39, 0.29) is 24.2 Å². The van der Waals surface area contributed by atoms with Crippen LogP contribution in [0.3, 0.4) is 0 Å². The van der Waals surface area contributed by atoms with Crippen molar-refractivity contribution in [1.29, 1.82) is 0 Å². The first-order valence-electron chi connectivity index (χ1n) is 10.4. The van der Waals surface area contributed by atoms with Crippen molar-refractivity contribution in [3.05, 3.63) is 29.3 Å². The molecule has 31 heavy (non-hydrogen) atoms. The predicted molar refractivity (Wildman–Crippen MR) is 124 cm³/mol. The summed E-state index contributed by atoms with van der Waals surface area (Å²) in [6.45, 7) is 2.47. The van der Waals surface area contributed by atoms with Crippen LogP contribution in [0.5, 0.6) is 0 Å². The molecule has 1 aromatic heterocycles. The SMILES string of the molecule is NC1CC(N)CN(c2nc(NNc3ccccc3Cl)nc(N3CC(N)CC(N)C3)n2)C1. The highest BCUT2D eigenvalue weighted by Gasteiger charge is 2.28. The summed E-state index contributed by atoms with van der Waals surface area (Å²) in [5, 5.41) is 0.574. The van der Waals surface area contributed by atoms with Crippen molar-refractivity contribution in [3.8, 4) is 0 Å². The van der Waals surface area contributed by atoms with E-state index in [1.807, 2.05) is 28.0 Å². The molecule has 0 radical (unpaired) electrons. The Labute approximate surface area is 186 Å². The minimum Gasteiger partial charge on any atom is -0.338 e. The van der Waals surface area contributed by atoms with Gasteiger partial charge >= 0.3 is 0 Å². The van der Waals surface area contributed by atoms with Gasteiger partial charge in [0.05, 0.1) is 10.7 Å². The number of rotatable bonds is 5. The number of hydrogen-bond donors (Lipinski definition) is 6. The highest BCUT2D eigenvalue weighted by molar-refractivity contribution is 6.33. The smallest absolute Gasteiger partial charge is 0.248 e. The van der Waals surface area contributed by atoms with E-state index in [0.29, 0.717) is 54.7 Å². The minimum atomic E-state index is -0.0431. The summed E-state index contributed by atoms with van der Waals surface area (Å²) in [6, 6.07) is 7.21. The van der Waals surface area contributed by atoms with Gasteiger partial charge in [-0.3, -0.25) is 10.9 Å². The summed E-state index contributed by atoms with van der Waals surface area (Å²) in [5.41, 5.74) is 31.5. The van der Waals surface area contributed by atoms with Crippen LogP contribution in [0.4, 0.5) is 23.5 Å². The molecule has 2 aliphatic rings. The topological polar surface area (TPSA) is 173 Å². The maximum Gasteiger partial charge on any atom is 0.248 e. The molecule has 0 spiro atoms. The number of nitrogens with zero attached hydrogens (tertiary/aromatic N) is 5. The molecule has 10 N–H and O–H groups in total. The number of hydrogen-bond acceptors (Lipinski definition) is 11. The monoisotopic (exact) mass is 447 g/mol. The molecule has 0 saturated carbocycles. The number of anilines is 4. The molecule has 4 rings (SSSR count). The zero-order chi connectivity index (χ0) is 22.0. The van der Waals surface area contributed by atoms with Crippen molar-refractivity contribution in [2.24, 2.45) is 22.9 Å². The zero-order valence-corrected chi connectivity index (χ0v) is 18.0. The molecule has 2 aromatic rings. The zero-order valence-electron chi connectivity index (χ0n) is 17.3. The predicted octanol–water partition coefficient (Wildman–Crippen LogP) is -0.307. The normalized spacial score (nSPS) is 26.6. The lowest BCUT2D eigenvalue weighted by Crippen LogP contribution is -2.54. The van der Waals surface area contributed by atoms with E-state index in [4.69, 9.17) is 39.5 Å². The summed E-state index contributed by atoms with van der Waals surface area (Å²) in [5.74, 6) is 1.36. The molecule has 12 heteroatoms. The Morgan fingerprint density at radius 3 is 1.71 bits per heavy atom. The fourth-order valence-electron chi connectivity index (χ4n) is 4.06. The molecule has 4 unspecified atom stereocenters. The number of benzene rings is 1. The van der Waals surface area contributed by atoms with Crippen molar-refractivity contribution in [2.75, 3.05) is 46.8 Å². The third kappa shape index (κ3) is 5.43. The number of para-hydroxylation sites is 1. The third-order valence-corrected chi connectivity index (χ3v) is 5.72. The molecule has 4 atom stereocenters. The second-order valence-electron chi connectivity index (χ2n) is 8.31. The largest absolute Gasteiger partial charge is 0.338 e. The van der Waals surface area contributed by atoms with Gasteiger partial charge in [-0.2, -0.15) is 15.0 Å². The van der Waals surface area contributed by atoms with Crippen LogP contribution in [-0.4, -0.2) is 65.3 Å². The molecule has 2 aliphatic heterocycles. The molecular formula is C19H30ClN11. The van der Waals surface area contributed by atoms with Crippen molar-refractivity contribution in [1.82, 2.24) is 15.0 Å². The Morgan fingerprint density at radius 2 is 1.23 bits per heavy atom. The van der Waals surface area contributed by atoms with Gasteiger partial charge in [0.25, 0.3) is 0 Å². The first-order chi connectivity index (χ1) is 14.9. The van der Waals surface area contributed by atoms with Gasteiger partial charge in [0, 0.05) is 50.3 Å². The molecule has 3 heterocycles. The molecule has 0 amide bonds. The van der Waals surface area contributed by atoms with Gasteiger partial charge in [-0.25, -0.2) is 0 Å². The van der Waals surface area contributed by atoms with Gasteiger partial charge in [0.1, 0.15) is 0 Å². The lowest BCUT2D eigenvalue weighted by atomic mass is 10.0. The molecular weight excluding hydrogens is 418 g/mol. The van der Waals surface area contributed by atoms with E-state index in [9.17, 15) is 0 Å². The van der Waals surface area contributed by atoms with Crippen molar-refractivity contribution in [3.63, 3.8) is 0 Å². The molecule has 11 nitrogen and oxygen atoms in total. The van der Waals surface area contributed by atoms with Crippen LogP contribution < -0.4 is 43.6 Å². The van der Waals surface area contributed by atoms with Gasteiger partial charge in [-0.1, -0.05) is 23.7 Å². The Bertz CT molecular complexity index is 833. The van der Waals surface area contributed by atoms with Gasteiger partial charge in [-0.05, 0) is 25.0 Å². The molecule has 2 saturated heterocycles. The van der Waals surface area contributed by atoms with E-state index in [1.165, 1.54) is 0 Å². The number of nitrogens with one attached hydrogen (secondary N) is 2. The maximum absolute atomic E-state index is 6.23. The van der Waals surface area contributed by atoms with Crippen LogP contribution in [0.15, 0.2) is 24.3 Å². The standard InChI is InChI=1S/C19H30ClN11/c20-15-3-1-2-4-16(15)28-29-17-25-18(30-7-11(21)5-12(22)8-30)27-19(26-17)31-9-13(23)6-14(24)10-31/h1-4,11-14,28H,5-10,21-24H2,(H,25,26,27,29). The quantitative estimate of drug-likeness (QED) is 0.332. The van der Waals surface area contributed by atoms with E-state index in [0.717, 1.165) is 12.8 Å².